The first-order chi connectivity index (χ1) is 16.3. The number of aliphatic hydroxyl groups excluding tert-OH is 3. The third kappa shape index (κ3) is 6.43. The number of amides is 1. The topological polar surface area (TPSA) is 178 Å². The number of rotatable bonds is 7. The van der Waals surface area contributed by atoms with Gasteiger partial charge >= 0.3 is 29.6 Å². The van der Waals surface area contributed by atoms with Crippen LogP contribution < -0.4 is 34.9 Å². The summed E-state index contributed by atoms with van der Waals surface area (Å²) >= 11 is 0. The van der Waals surface area contributed by atoms with Crippen LogP contribution in [0.15, 0.2) is 0 Å². The summed E-state index contributed by atoms with van der Waals surface area (Å²) in [6.07, 6.45) is 5.58. The number of carbonyl (C=O) groups is 1. The first-order valence-electron chi connectivity index (χ1n) is 13.5. The molecule has 4 saturated carbocycles. The van der Waals surface area contributed by atoms with E-state index in [4.69, 9.17) is 0 Å². The first kappa shape index (κ1) is 33.4. The van der Waals surface area contributed by atoms with Gasteiger partial charge in [-0.2, -0.15) is 0 Å². The van der Waals surface area contributed by atoms with Crippen molar-refractivity contribution in [3.05, 3.63) is 0 Å². The Morgan fingerprint density at radius 1 is 1.08 bits per heavy atom. The van der Waals surface area contributed by atoms with Gasteiger partial charge in [-0.15, -0.1) is 0 Å². The third-order valence-corrected chi connectivity index (χ3v) is 11.7. The number of nitrogens with one attached hydrogen (secondary N) is 1. The van der Waals surface area contributed by atoms with E-state index in [-0.39, 0.29) is 100 Å². The van der Waals surface area contributed by atoms with Crippen LogP contribution in [0.3, 0.4) is 0 Å². The van der Waals surface area contributed by atoms with E-state index in [1.165, 1.54) is 0 Å². The summed E-state index contributed by atoms with van der Waals surface area (Å²) in [5.41, 5.74) is -0.267. The van der Waals surface area contributed by atoms with Gasteiger partial charge in [0.2, 0.25) is 5.91 Å². The predicted octanol–water partition coefficient (Wildman–Crippen LogP) is -1.80. The van der Waals surface area contributed by atoms with Crippen molar-refractivity contribution in [2.24, 2.45) is 46.3 Å². The molecule has 4 rings (SSSR count). The minimum Gasteiger partial charge on any atom is -0.748 e. The van der Waals surface area contributed by atoms with Crippen molar-refractivity contribution < 1.29 is 68.1 Å². The molecule has 0 heterocycles. The minimum atomic E-state index is -4.35. The second kappa shape index (κ2) is 12.4. The van der Waals surface area contributed by atoms with E-state index in [9.17, 15) is 33.1 Å². The van der Waals surface area contributed by atoms with Crippen molar-refractivity contribution in [1.29, 1.82) is 0 Å². The maximum absolute atomic E-state index is 12.2. The van der Waals surface area contributed by atoms with Gasteiger partial charge in [0.15, 0.2) is 0 Å². The molecule has 0 radical (unpaired) electrons. The molecule has 1 amide bonds. The number of hydrogen-bond donors (Lipinski definition) is 4. The summed E-state index contributed by atoms with van der Waals surface area (Å²) in [5, 5.41) is 35.7. The van der Waals surface area contributed by atoms with Crippen LogP contribution in [-0.2, 0) is 14.9 Å². The molecule has 37 heavy (non-hydrogen) atoms. The van der Waals surface area contributed by atoms with Gasteiger partial charge in [-0.1, -0.05) is 20.8 Å². The van der Waals surface area contributed by atoms with Crippen LogP contribution in [0.1, 0.15) is 78.6 Å². The quantitative estimate of drug-likeness (QED) is 0.211. The second-order valence-corrected chi connectivity index (χ2v) is 14.2. The normalized spacial score (nSPS) is 43.8. The standard InChI is InChI=1S/C26H45NO7S.Na.H2O/c1-15(4-7-23(31)27-10-11-35(32,33)34)18-5-6-19-24-20(14-22(30)26(18,19)3)25(2)9-8-17(28)12-16(25)13-21(24)29;;/h15-22,24,28-30H,4-14H2,1-3H3,(H,27,31)(H,32,33,34);;1H2/q;+1;/p-1. The van der Waals surface area contributed by atoms with Gasteiger partial charge in [0.1, 0.15) is 0 Å². The fraction of sp³-hybridized carbons (Fsp3) is 0.962. The van der Waals surface area contributed by atoms with Gasteiger partial charge < -0.3 is 30.7 Å². The molecule has 4 aliphatic carbocycles. The van der Waals surface area contributed by atoms with Crippen LogP contribution in [-0.4, -0.2) is 70.3 Å². The number of aliphatic hydroxyl groups is 3. The number of hydrogen-bond acceptors (Lipinski definition) is 7. The molecule has 6 N–H and O–H groups in total. The Hall–Kier alpha value is 0.220. The molecule has 0 aliphatic heterocycles. The van der Waals surface area contributed by atoms with Crippen LogP contribution >= 0.6 is 0 Å². The Bertz CT molecular complexity index is 905. The van der Waals surface area contributed by atoms with Gasteiger partial charge in [-0.25, -0.2) is 8.42 Å². The maximum Gasteiger partial charge on any atom is 1.00 e. The summed E-state index contributed by atoms with van der Waals surface area (Å²) in [5.74, 6) is 0.522. The molecule has 11 heteroatoms. The van der Waals surface area contributed by atoms with Crippen molar-refractivity contribution in [3.8, 4) is 0 Å². The Morgan fingerprint density at radius 2 is 1.76 bits per heavy atom. The minimum absolute atomic E-state index is 0. The molecule has 0 aromatic rings. The zero-order chi connectivity index (χ0) is 25.8. The predicted molar refractivity (Wildman–Crippen MR) is 134 cm³/mol. The van der Waals surface area contributed by atoms with Gasteiger partial charge in [-0.3, -0.25) is 4.79 Å². The molecule has 0 saturated heterocycles. The molecule has 11 atom stereocenters. The number of carbonyl (C=O) groups excluding carboxylic acids is 1. The molecule has 210 valence electrons. The van der Waals surface area contributed by atoms with Crippen LogP contribution in [0.5, 0.6) is 0 Å². The van der Waals surface area contributed by atoms with Crippen LogP contribution in [0, 0.1) is 46.3 Å². The van der Waals surface area contributed by atoms with Crippen LogP contribution in [0.25, 0.3) is 0 Å². The van der Waals surface area contributed by atoms with E-state index in [1.54, 1.807) is 0 Å². The Kier molecular flexibility index (Phi) is 11.2. The van der Waals surface area contributed by atoms with Crippen molar-refractivity contribution in [3.63, 3.8) is 0 Å². The molecule has 0 aromatic heterocycles. The first-order valence-corrected chi connectivity index (χ1v) is 15.1. The molecule has 4 fully saturated rings. The van der Waals surface area contributed by atoms with E-state index in [1.807, 2.05) is 0 Å². The summed E-state index contributed by atoms with van der Waals surface area (Å²) < 4.78 is 32.2. The molecule has 0 spiro atoms. The maximum atomic E-state index is 12.2. The van der Waals surface area contributed by atoms with Crippen molar-refractivity contribution in [1.82, 2.24) is 5.32 Å². The van der Waals surface area contributed by atoms with Crippen molar-refractivity contribution >= 4 is 16.0 Å². The van der Waals surface area contributed by atoms with E-state index in [0.717, 1.165) is 38.5 Å². The summed E-state index contributed by atoms with van der Waals surface area (Å²) in [4.78, 5) is 12.2. The average molecular weight is 556 g/mol. The second-order valence-electron chi connectivity index (χ2n) is 12.7. The zero-order valence-corrected chi connectivity index (χ0v) is 25.7. The van der Waals surface area contributed by atoms with Gasteiger partial charge in [0, 0.05) is 13.0 Å². The van der Waals surface area contributed by atoms with Crippen LogP contribution in [0.4, 0.5) is 0 Å². The Balaban J connectivity index is 0.00000241. The zero-order valence-electron chi connectivity index (χ0n) is 22.9. The fourth-order valence-electron chi connectivity index (χ4n) is 9.10. The molecular formula is C26H46NNaO8S. The van der Waals surface area contributed by atoms with Crippen molar-refractivity contribution in [2.45, 2.75) is 96.9 Å². The van der Waals surface area contributed by atoms with Gasteiger partial charge in [-0.05, 0) is 97.7 Å². The largest absolute Gasteiger partial charge is 1.00 e. The van der Waals surface area contributed by atoms with Gasteiger partial charge in [0.05, 0.1) is 34.2 Å². The Labute approximate surface area is 243 Å². The molecule has 4 aliphatic rings. The molecule has 0 bridgehead atoms. The molecule has 9 nitrogen and oxygen atoms in total. The summed E-state index contributed by atoms with van der Waals surface area (Å²) in [6, 6.07) is 0. The molecular weight excluding hydrogens is 509 g/mol. The average Bonchev–Trinajstić information content (AvgIpc) is 3.12. The fourth-order valence-corrected chi connectivity index (χ4v) is 9.45. The third-order valence-electron chi connectivity index (χ3n) is 11.0. The molecule has 11 unspecified atom stereocenters. The molecule has 0 aromatic carbocycles. The van der Waals surface area contributed by atoms with E-state index in [0.29, 0.717) is 18.8 Å². The van der Waals surface area contributed by atoms with Crippen LogP contribution in [0.2, 0.25) is 0 Å². The SMILES string of the molecule is CC(CCC(=O)NCCS(=O)(=O)[O-])C1CCC2C3C(O)CC4CC(O)CCC4(C)C3CC(O)C12C.O.[Na+]. The monoisotopic (exact) mass is 555 g/mol. The Morgan fingerprint density at radius 3 is 2.41 bits per heavy atom. The summed E-state index contributed by atoms with van der Waals surface area (Å²) in [7, 11) is -4.35. The van der Waals surface area contributed by atoms with Crippen molar-refractivity contribution in [2.75, 3.05) is 12.3 Å². The summed E-state index contributed by atoms with van der Waals surface area (Å²) in [6.45, 7) is 6.48. The number of fused-ring (bicyclic) bond motifs is 5. The van der Waals surface area contributed by atoms with E-state index < -0.39 is 28.1 Å². The van der Waals surface area contributed by atoms with E-state index in [2.05, 4.69) is 26.1 Å². The van der Waals surface area contributed by atoms with E-state index >= 15 is 0 Å². The smallest absolute Gasteiger partial charge is 0.748 e. The van der Waals surface area contributed by atoms with Gasteiger partial charge in [0.25, 0.3) is 0 Å².